The summed E-state index contributed by atoms with van der Waals surface area (Å²) in [5.74, 6) is -0.103. The largest absolute Gasteiger partial charge is 0.462 e. The summed E-state index contributed by atoms with van der Waals surface area (Å²) in [5.41, 5.74) is 2.80. The summed E-state index contributed by atoms with van der Waals surface area (Å²) >= 11 is 6.31. The van der Waals surface area contributed by atoms with E-state index in [2.05, 4.69) is 15.3 Å². The third-order valence-electron chi connectivity index (χ3n) is 3.28. The average molecular weight is 377 g/mol. The molecule has 0 bridgehead atoms. The molecule has 7 heteroatoms. The summed E-state index contributed by atoms with van der Waals surface area (Å²) in [4.78, 5) is 20.3. The molecule has 0 amide bonds. The Balaban J connectivity index is 0.00000163. The molecule has 0 atom stereocenters. The second kappa shape index (κ2) is 10.5. The van der Waals surface area contributed by atoms with Gasteiger partial charge in [0.1, 0.15) is 5.82 Å². The van der Waals surface area contributed by atoms with Crippen LogP contribution < -0.4 is 5.32 Å². The molecule has 0 spiro atoms. The van der Waals surface area contributed by atoms with Crippen LogP contribution in [0, 0.1) is 12.3 Å². The Morgan fingerprint density at radius 3 is 2.58 bits per heavy atom. The Labute approximate surface area is 159 Å². The summed E-state index contributed by atoms with van der Waals surface area (Å²) < 4.78 is 4.96. The van der Waals surface area contributed by atoms with Crippen molar-refractivity contribution in [1.82, 2.24) is 9.97 Å². The third kappa shape index (κ3) is 5.52. The van der Waals surface area contributed by atoms with Gasteiger partial charge in [-0.15, -0.1) is 0 Å². The minimum atomic E-state index is -0.549. The van der Waals surface area contributed by atoms with Crippen molar-refractivity contribution in [3.8, 4) is 0 Å². The predicted molar refractivity (Wildman–Crippen MR) is 105 cm³/mol. The number of rotatable bonds is 6. The molecule has 2 N–H and O–H groups in total. The van der Waals surface area contributed by atoms with E-state index in [4.69, 9.17) is 21.7 Å². The predicted octanol–water partition coefficient (Wildman–Crippen LogP) is 4.64. The van der Waals surface area contributed by atoms with Crippen LogP contribution >= 0.6 is 11.6 Å². The lowest BCUT2D eigenvalue weighted by molar-refractivity contribution is 0.0526. The number of halogens is 1. The SMILES string of the molecule is CC.CCOC(=O)c1cnc(NCc2cncc(C)c2)c(C(C)=N)c1Cl. The van der Waals surface area contributed by atoms with Crippen LogP contribution in [0.3, 0.4) is 0 Å². The van der Waals surface area contributed by atoms with Crippen LogP contribution in [0.2, 0.25) is 5.02 Å². The van der Waals surface area contributed by atoms with Crippen molar-refractivity contribution in [2.75, 3.05) is 11.9 Å². The quantitative estimate of drug-likeness (QED) is 0.566. The molecule has 2 aromatic rings. The number of ether oxygens (including phenoxy) is 1. The van der Waals surface area contributed by atoms with Crippen molar-refractivity contribution in [1.29, 1.82) is 5.41 Å². The van der Waals surface area contributed by atoms with Gasteiger partial charge in [-0.1, -0.05) is 31.5 Å². The molecule has 0 aromatic carbocycles. The van der Waals surface area contributed by atoms with Crippen LogP contribution in [-0.2, 0) is 11.3 Å². The van der Waals surface area contributed by atoms with Crippen molar-refractivity contribution >= 4 is 29.1 Å². The molecule has 0 unspecified atom stereocenters. The minimum Gasteiger partial charge on any atom is -0.462 e. The Morgan fingerprint density at radius 2 is 2.00 bits per heavy atom. The van der Waals surface area contributed by atoms with Crippen LogP contribution in [0.1, 0.15) is 54.7 Å². The fourth-order valence-electron chi connectivity index (χ4n) is 2.22. The third-order valence-corrected chi connectivity index (χ3v) is 3.67. The van der Waals surface area contributed by atoms with Gasteiger partial charge < -0.3 is 15.5 Å². The smallest absolute Gasteiger partial charge is 0.341 e. The Morgan fingerprint density at radius 1 is 1.31 bits per heavy atom. The highest BCUT2D eigenvalue weighted by atomic mass is 35.5. The molecule has 0 aliphatic rings. The summed E-state index contributed by atoms with van der Waals surface area (Å²) in [6.07, 6.45) is 4.90. The molecule has 2 rings (SSSR count). The number of aryl methyl sites for hydroxylation is 1. The molecule has 0 saturated carbocycles. The number of anilines is 1. The number of nitrogens with one attached hydrogen (secondary N) is 2. The van der Waals surface area contributed by atoms with Crippen molar-refractivity contribution in [3.05, 3.63) is 51.9 Å². The zero-order valence-electron chi connectivity index (χ0n) is 15.8. The second-order valence-electron chi connectivity index (χ2n) is 5.28. The van der Waals surface area contributed by atoms with E-state index >= 15 is 0 Å². The normalized spacial score (nSPS) is 9.77. The van der Waals surface area contributed by atoms with E-state index in [0.29, 0.717) is 17.9 Å². The summed E-state index contributed by atoms with van der Waals surface area (Å²) in [6.45, 7) is 10.0. The highest BCUT2D eigenvalue weighted by molar-refractivity contribution is 6.37. The first-order chi connectivity index (χ1) is 12.4. The molecule has 0 fully saturated rings. The highest BCUT2D eigenvalue weighted by Crippen LogP contribution is 2.27. The van der Waals surface area contributed by atoms with Crippen LogP contribution in [0.15, 0.2) is 24.7 Å². The molecule has 2 aromatic heterocycles. The van der Waals surface area contributed by atoms with Crippen molar-refractivity contribution < 1.29 is 9.53 Å². The van der Waals surface area contributed by atoms with E-state index in [1.54, 1.807) is 26.2 Å². The van der Waals surface area contributed by atoms with Crippen molar-refractivity contribution in [2.45, 2.75) is 41.2 Å². The van der Waals surface area contributed by atoms with Gasteiger partial charge in [0.2, 0.25) is 0 Å². The number of esters is 1. The zero-order chi connectivity index (χ0) is 19.7. The topological polar surface area (TPSA) is 88.0 Å². The van der Waals surface area contributed by atoms with Gasteiger partial charge in [0.25, 0.3) is 0 Å². The average Bonchev–Trinajstić information content (AvgIpc) is 2.61. The molecule has 140 valence electrons. The van der Waals surface area contributed by atoms with Crippen LogP contribution in [0.25, 0.3) is 0 Å². The lowest BCUT2D eigenvalue weighted by Gasteiger charge is -2.14. The van der Waals surface area contributed by atoms with Gasteiger partial charge in [0.15, 0.2) is 0 Å². The number of carbonyl (C=O) groups excluding carboxylic acids is 1. The number of aromatic nitrogens is 2. The van der Waals surface area contributed by atoms with E-state index in [9.17, 15) is 4.79 Å². The fourth-order valence-corrected chi connectivity index (χ4v) is 2.57. The number of hydrogen-bond acceptors (Lipinski definition) is 6. The second-order valence-corrected chi connectivity index (χ2v) is 5.66. The first-order valence-corrected chi connectivity index (χ1v) is 8.87. The van der Waals surface area contributed by atoms with E-state index < -0.39 is 5.97 Å². The molecule has 0 aliphatic heterocycles. The first kappa shape index (κ1) is 21.6. The molecule has 0 aliphatic carbocycles. The first-order valence-electron chi connectivity index (χ1n) is 8.49. The number of nitrogens with zero attached hydrogens (tertiary/aromatic N) is 2. The van der Waals surface area contributed by atoms with Gasteiger partial charge in [0, 0.05) is 30.8 Å². The molecule has 6 nitrogen and oxygen atoms in total. The molecular formula is C19H25ClN4O2. The zero-order valence-corrected chi connectivity index (χ0v) is 16.6. The maximum Gasteiger partial charge on any atom is 0.341 e. The lowest BCUT2D eigenvalue weighted by atomic mass is 10.1. The Bertz CT molecular complexity index is 778. The van der Waals surface area contributed by atoms with Gasteiger partial charge in [-0.25, -0.2) is 9.78 Å². The summed E-state index contributed by atoms with van der Waals surface area (Å²) in [6, 6.07) is 2.01. The minimum absolute atomic E-state index is 0.155. The van der Waals surface area contributed by atoms with Gasteiger partial charge >= 0.3 is 5.97 Å². The van der Waals surface area contributed by atoms with E-state index in [1.165, 1.54) is 6.20 Å². The fraction of sp³-hybridized carbons (Fsp3) is 0.368. The van der Waals surface area contributed by atoms with E-state index in [1.807, 2.05) is 26.8 Å². The Kier molecular flexibility index (Phi) is 8.72. The Hall–Kier alpha value is -2.47. The van der Waals surface area contributed by atoms with Gasteiger partial charge in [-0.05, 0) is 31.9 Å². The van der Waals surface area contributed by atoms with E-state index in [-0.39, 0.29) is 22.9 Å². The summed E-state index contributed by atoms with van der Waals surface area (Å²) in [5, 5.41) is 11.3. The molecule has 0 radical (unpaired) electrons. The number of pyridine rings is 2. The summed E-state index contributed by atoms with van der Waals surface area (Å²) in [7, 11) is 0. The molecule has 2 heterocycles. The molecule has 26 heavy (non-hydrogen) atoms. The monoisotopic (exact) mass is 376 g/mol. The van der Waals surface area contributed by atoms with Crippen LogP contribution in [0.4, 0.5) is 5.82 Å². The number of carbonyl (C=O) groups is 1. The maximum absolute atomic E-state index is 11.9. The molecular weight excluding hydrogens is 352 g/mol. The van der Waals surface area contributed by atoms with Crippen LogP contribution in [0.5, 0.6) is 0 Å². The van der Waals surface area contributed by atoms with Gasteiger partial charge in [-0.2, -0.15) is 0 Å². The van der Waals surface area contributed by atoms with Crippen LogP contribution in [-0.4, -0.2) is 28.3 Å². The van der Waals surface area contributed by atoms with Crippen molar-refractivity contribution in [3.63, 3.8) is 0 Å². The highest BCUT2D eigenvalue weighted by Gasteiger charge is 2.20. The molecule has 0 saturated heterocycles. The number of hydrogen-bond donors (Lipinski definition) is 2. The van der Waals surface area contributed by atoms with Crippen molar-refractivity contribution in [2.24, 2.45) is 0 Å². The van der Waals surface area contributed by atoms with Gasteiger partial charge in [0.05, 0.1) is 22.8 Å². The lowest BCUT2D eigenvalue weighted by Crippen LogP contribution is -2.13. The standard InChI is InChI=1S/C17H19ClN4O2.C2H6/c1-4-24-17(23)13-9-22-16(14(11(3)19)15(13)18)21-8-12-5-10(2)6-20-7-12;1-2/h5-7,9,19H,4,8H2,1-3H3,(H,21,22);1-2H3. The van der Waals surface area contributed by atoms with Gasteiger partial charge in [-0.3, -0.25) is 4.98 Å². The van der Waals surface area contributed by atoms with E-state index in [0.717, 1.165) is 11.1 Å². The maximum atomic E-state index is 11.9.